The number of nitrogens with one attached hydrogen (secondary N) is 2. The molecule has 3 fully saturated rings. The van der Waals surface area contributed by atoms with Gasteiger partial charge in [0.1, 0.15) is 17.1 Å². The topological polar surface area (TPSA) is 86.1 Å². The Hall–Kier alpha value is -2.56. The van der Waals surface area contributed by atoms with E-state index < -0.39 is 11.7 Å². The Morgan fingerprint density at radius 3 is 2.55 bits per heavy atom. The molecule has 4 aliphatic rings. The Bertz CT molecular complexity index is 1000. The number of hydrogen-bond acceptors (Lipinski definition) is 7. The molecule has 2 N–H and O–H groups in total. The van der Waals surface area contributed by atoms with E-state index in [0.29, 0.717) is 31.4 Å². The van der Waals surface area contributed by atoms with Crippen LogP contribution in [-0.2, 0) is 10.9 Å². The summed E-state index contributed by atoms with van der Waals surface area (Å²) in [5.74, 6) is 1.43. The lowest BCUT2D eigenvalue weighted by atomic mass is 9.80. The highest BCUT2D eigenvalue weighted by atomic mass is 19.4. The summed E-state index contributed by atoms with van der Waals surface area (Å²) >= 11 is 0. The van der Waals surface area contributed by atoms with Gasteiger partial charge in [0.15, 0.2) is 11.6 Å². The fourth-order valence-electron chi connectivity index (χ4n) is 4.44. The van der Waals surface area contributed by atoms with Crippen molar-refractivity contribution in [3.05, 3.63) is 17.5 Å². The quantitative estimate of drug-likeness (QED) is 0.739. The van der Waals surface area contributed by atoms with Crippen LogP contribution in [0, 0.1) is 5.92 Å². The van der Waals surface area contributed by atoms with Gasteiger partial charge < -0.3 is 20.1 Å². The summed E-state index contributed by atoms with van der Waals surface area (Å²) in [6.07, 6.45) is 1.09. The third-order valence-electron chi connectivity index (χ3n) is 6.84. The minimum Gasteiger partial charge on any atom is -0.487 e. The molecule has 6 rings (SSSR count). The van der Waals surface area contributed by atoms with Crippen molar-refractivity contribution in [2.75, 3.05) is 30.5 Å². The molecule has 0 amide bonds. The van der Waals surface area contributed by atoms with Gasteiger partial charge in [-0.1, -0.05) is 0 Å². The molecule has 0 aromatic carbocycles. The highest BCUT2D eigenvalue weighted by Crippen LogP contribution is 2.45. The van der Waals surface area contributed by atoms with Gasteiger partial charge in [-0.2, -0.15) is 23.3 Å². The predicted octanol–water partition coefficient (Wildman–Crippen LogP) is 3.86. The van der Waals surface area contributed by atoms with Crippen LogP contribution in [0.15, 0.2) is 6.20 Å². The summed E-state index contributed by atoms with van der Waals surface area (Å²) < 4.78 is 54.2. The second-order valence-corrected chi connectivity index (χ2v) is 8.80. The molecule has 31 heavy (non-hydrogen) atoms. The van der Waals surface area contributed by atoms with Crippen molar-refractivity contribution in [2.24, 2.45) is 5.92 Å². The Balaban J connectivity index is 1.46. The molecule has 2 aromatic heterocycles. The van der Waals surface area contributed by atoms with E-state index >= 15 is 0 Å². The van der Waals surface area contributed by atoms with Gasteiger partial charge in [-0.25, -0.2) is 9.67 Å². The summed E-state index contributed by atoms with van der Waals surface area (Å²) in [5, 5.41) is 11.0. The zero-order valence-corrected chi connectivity index (χ0v) is 16.8. The average molecular weight is 436 g/mol. The lowest BCUT2D eigenvalue weighted by molar-refractivity contribution is -0.137. The number of nitrogens with zero attached hydrogens (tertiary/aromatic N) is 4. The molecule has 166 valence electrons. The van der Waals surface area contributed by atoms with Gasteiger partial charge >= 0.3 is 6.18 Å². The van der Waals surface area contributed by atoms with Crippen LogP contribution in [-0.4, -0.2) is 45.6 Å². The maximum absolute atomic E-state index is 13.5. The van der Waals surface area contributed by atoms with Crippen molar-refractivity contribution < 1.29 is 22.6 Å². The van der Waals surface area contributed by atoms with Gasteiger partial charge in [0, 0.05) is 18.2 Å². The maximum atomic E-state index is 13.5. The van der Waals surface area contributed by atoms with Crippen LogP contribution in [0.3, 0.4) is 0 Å². The minimum atomic E-state index is -4.53. The molecular weight excluding hydrogens is 413 g/mol. The SMILES string of the molecule is FC(F)(F)c1cnc2nc1N[C@@H]1CCC1COc1c(C3COC3)nn(C3CCC3)c1N2. The average Bonchev–Trinajstić information content (AvgIpc) is 2.92. The van der Waals surface area contributed by atoms with E-state index in [1.807, 2.05) is 4.68 Å². The van der Waals surface area contributed by atoms with Crippen LogP contribution in [0.1, 0.15) is 55.3 Å². The Morgan fingerprint density at radius 1 is 1.10 bits per heavy atom. The van der Waals surface area contributed by atoms with Crippen molar-refractivity contribution in [2.45, 2.75) is 56.3 Å². The van der Waals surface area contributed by atoms with Crippen LogP contribution < -0.4 is 15.4 Å². The summed E-state index contributed by atoms with van der Waals surface area (Å²) in [6, 6.07) is 0.107. The monoisotopic (exact) mass is 436 g/mol. The van der Waals surface area contributed by atoms with Gasteiger partial charge in [-0.15, -0.1) is 0 Å². The molecule has 2 aliphatic carbocycles. The number of rotatable bonds is 2. The standard InChI is InChI=1S/C20H23F3N6O2/c21-20(22,23)13-6-24-19-26-17(13)25-14-5-4-10(14)9-31-16-15(11-7-30-8-11)28-29(18(16)27-19)12-2-1-3-12/h6,10-12,14H,1-5,7-9H2,(H2,24,25,26,27)/t10?,14-/m1/s1. The second-order valence-electron chi connectivity index (χ2n) is 8.80. The number of fused-ring (bicyclic) bond motifs is 4. The largest absolute Gasteiger partial charge is 0.487 e. The first-order valence-corrected chi connectivity index (χ1v) is 10.8. The summed E-state index contributed by atoms with van der Waals surface area (Å²) in [6.45, 7) is 1.59. The number of halogens is 3. The van der Waals surface area contributed by atoms with E-state index in [1.165, 1.54) is 0 Å². The molecule has 2 aromatic rings. The molecule has 4 heterocycles. The molecule has 2 aliphatic heterocycles. The van der Waals surface area contributed by atoms with E-state index in [4.69, 9.17) is 14.6 Å². The number of aromatic nitrogens is 4. The van der Waals surface area contributed by atoms with Crippen molar-refractivity contribution >= 4 is 17.6 Å². The fourth-order valence-corrected chi connectivity index (χ4v) is 4.44. The third-order valence-corrected chi connectivity index (χ3v) is 6.84. The van der Waals surface area contributed by atoms with E-state index in [0.717, 1.165) is 44.0 Å². The predicted molar refractivity (Wildman–Crippen MR) is 105 cm³/mol. The smallest absolute Gasteiger partial charge is 0.421 e. The number of anilines is 3. The lowest BCUT2D eigenvalue weighted by Gasteiger charge is -2.37. The van der Waals surface area contributed by atoms with Crippen LogP contribution >= 0.6 is 0 Å². The van der Waals surface area contributed by atoms with E-state index in [9.17, 15) is 13.2 Å². The van der Waals surface area contributed by atoms with Crippen LogP contribution in [0.5, 0.6) is 5.75 Å². The molecule has 2 bridgehead atoms. The van der Waals surface area contributed by atoms with Gasteiger partial charge in [-0.3, -0.25) is 0 Å². The van der Waals surface area contributed by atoms with E-state index in [1.54, 1.807) is 0 Å². The van der Waals surface area contributed by atoms with Crippen molar-refractivity contribution in [1.29, 1.82) is 0 Å². The molecule has 11 heteroatoms. The molecule has 1 unspecified atom stereocenters. The van der Waals surface area contributed by atoms with Crippen molar-refractivity contribution in [3.63, 3.8) is 0 Å². The fraction of sp³-hybridized carbons (Fsp3) is 0.650. The number of ether oxygens (including phenoxy) is 2. The van der Waals surface area contributed by atoms with Crippen LogP contribution in [0.2, 0.25) is 0 Å². The van der Waals surface area contributed by atoms with E-state index in [-0.39, 0.29) is 35.7 Å². The molecule has 0 radical (unpaired) electrons. The summed E-state index contributed by atoms with van der Waals surface area (Å²) in [5.41, 5.74) is -0.0141. The Labute approximate surface area is 176 Å². The first-order valence-electron chi connectivity index (χ1n) is 10.8. The van der Waals surface area contributed by atoms with E-state index in [2.05, 4.69) is 20.6 Å². The molecule has 2 atom stereocenters. The van der Waals surface area contributed by atoms with Crippen molar-refractivity contribution in [1.82, 2.24) is 19.7 Å². The molecule has 8 nitrogen and oxygen atoms in total. The molecule has 1 saturated heterocycles. The zero-order valence-electron chi connectivity index (χ0n) is 16.8. The van der Waals surface area contributed by atoms with Crippen LogP contribution in [0.25, 0.3) is 0 Å². The normalized spacial score (nSPS) is 25.9. The van der Waals surface area contributed by atoms with Crippen molar-refractivity contribution in [3.8, 4) is 5.75 Å². The van der Waals surface area contributed by atoms with Crippen LogP contribution in [0.4, 0.5) is 30.8 Å². The minimum absolute atomic E-state index is 0.0926. The van der Waals surface area contributed by atoms with Gasteiger partial charge in [0.05, 0.1) is 31.8 Å². The Morgan fingerprint density at radius 2 is 1.94 bits per heavy atom. The molecular formula is C20H23F3N6O2. The van der Waals surface area contributed by atoms with Gasteiger partial charge in [0.2, 0.25) is 5.95 Å². The first-order chi connectivity index (χ1) is 15.0. The second kappa shape index (κ2) is 6.98. The molecule has 0 spiro atoms. The lowest BCUT2D eigenvalue weighted by Crippen LogP contribution is -2.42. The van der Waals surface area contributed by atoms with Gasteiger partial charge in [-0.05, 0) is 32.1 Å². The summed E-state index contributed by atoms with van der Waals surface area (Å²) in [7, 11) is 0. The summed E-state index contributed by atoms with van der Waals surface area (Å²) in [4.78, 5) is 8.19. The molecule has 2 saturated carbocycles. The highest BCUT2D eigenvalue weighted by molar-refractivity contribution is 5.63. The van der Waals surface area contributed by atoms with Gasteiger partial charge in [0.25, 0.3) is 0 Å². The number of hydrogen-bond donors (Lipinski definition) is 2. The first kappa shape index (κ1) is 19.1. The Kier molecular flexibility index (Phi) is 4.31. The maximum Gasteiger partial charge on any atom is 0.421 e. The zero-order chi connectivity index (χ0) is 21.2. The number of alkyl halides is 3. The third kappa shape index (κ3) is 3.20. The highest BCUT2D eigenvalue weighted by Gasteiger charge is 2.40.